The summed E-state index contributed by atoms with van der Waals surface area (Å²) in [6.45, 7) is 2.88. The van der Waals surface area contributed by atoms with Gasteiger partial charge in [0.15, 0.2) is 0 Å². The molecule has 0 bridgehead atoms. The zero-order valence-corrected chi connectivity index (χ0v) is 11.5. The van der Waals surface area contributed by atoms with Gasteiger partial charge in [0.1, 0.15) is 0 Å². The second kappa shape index (κ2) is 5.44. The third-order valence-electron chi connectivity index (χ3n) is 3.59. The lowest BCUT2D eigenvalue weighted by molar-refractivity contribution is 0.246. The molecule has 96 valence electrons. The molecule has 1 aromatic rings. The molecule has 0 atom stereocenters. The highest BCUT2D eigenvalue weighted by atomic mass is 32.1. The maximum Gasteiger partial charge on any atom is 0.0772 e. The Morgan fingerprint density at radius 1 is 1.28 bits per heavy atom. The molecule has 0 aliphatic heterocycles. The van der Waals surface area contributed by atoms with Crippen molar-refractivity contribution in [2.45, 2.75) is 38.3 Å². The topological polar surface area (TPSA) is 29.3 Å². The molecule has 3 heteroatoms. The summed E-state index contributed by atoms with van der Waals surface area (Å²) in [5, 5.41) is 0. The molecule has 2 aliphatic carbocycles. The molecule has 3 rings (SSSR count). The first-order chi connectivity index (χ1) is 8.85. The minimum absolute atomic E-state index is 0.448. The number of thiophene rings is 1. The summed E-state index contributed by atoms with van der Waals surface area (Å²) in [7, 11) is 0. The molecule has 2 nitrogen and oxygen atoms in total. The van der Waals surface area contributed by atoms with Gasteiger partial charge in [-0.3, -0.25) is 4.90 Å². The second-order valence-corrected chi connectivity index (χ2v) is 6.54. The first-order valence-corrected chi connectivity index (χ1v) is 7.68. The quantitative estimate of drug-likeness (QED) is 0.824. The molecule has 0 radical (unpaired) electrons. The molecular formula is C15H20N2S. The summed E-state index contributed by atoms with van der Waals surface area (Å²) in [5.41, 5.74) is 5.40. The van der Waals surface area contributed by atoms with Crippen LogP contribution in [0.5, 0.6) is 0 Å². The van der Waals surface area contributed by atoms with Crippen molar-refractivity contribution in [3.63, 3.8) is 0 Å². The summed E-state index contributed by atoms with van der Waals surface area (Å²) in [6.07, 6.45) is 5.69. The molecule has 2 fully saturated rings. The van der Waals surface area contributed by atoms with Gasteiger partial charge in [0.05, 0.1) is 11.4 Å². The molecule has 0 unspecified atom stereocenters. The van der Waals surface area contributed by atoms with Crippen molar-refractivity contribution in [3.05, 3.63) is 21.9 Å². The zero-order valence-electron chi connectivity index (χ0n) is 10.7. The van der Waals surface area contributed by atoms with E-state index in [1.165, 1.54) is 37.1 Å². The van der Waals surface area contributed by atoms with Gasteiger partial charge in [-0.1, -0.05) is 11.8 Å². The Morgan fingerprint density at radius 3 is 2.78 bits per heavy atom. The highest BCUT2D eigenvalue weighted by Crippen LogP contribution is 2.36. The average Bonchev–Trinajstić information content (AvgIpc) is 3.26. The van der Waals surface area contributed by atoms with Gasteiger partial charge < -0.3 is 5.73 Å². The zero-order chi connectivity index (χ0) is 12.4. The van der Waals surface area contributed by atoms with Gasteiger partial charge in [0, 0.05) is 24.0 Å². The summed E-state index contributed by atoms with van der Waals surface area (Å²) in [4.78, 5) is 5.28. The van der Waals surface area contributed by atoms with E-state index in [0.717, 1.165) is 23.4 Å². The average molecular weight is 260 g/mol. The van der Waals surface area contributed by atoms with Gasteiger partial charge in [0.25, 0.3) is 0 Å². The number of nitrogens with zero attached hydrogens (tertiary/aromatic N) is 1. The van der Waals surface area contributed by atoms with E-state index in [9.17, 15) is 0 Å². The van der Waals surface area contributed by atoms with Crippen molar-refractivity contribution < 1.29 is 0 Å². The van der Waals surface area contributed by atoms with Crippen LogP contribution in [-0.4, -0.2) is 24.0 Å². The van der Waals surface area contributed by atoms with E-state index in [4.69, 9.17) is 5.73 Å². The molecule has 2 N–H and O–H groups in total. The first kappa shape index (κ1) is 12.2. The molecule has 0 amide bonds. The molecule has 0 aromatic carbocycles. The molecule has 2 saturated carbocycles. The SMILES string of the molecule is NCC#Cc1ccc(CN(CC2CC2)C2CC2)s1. The van der Waals surface area contributed by atoms with Gasteiger partial charge in [0.2, 0.25) is 0 Å². The Bertz CT molecular complexity index is 460. The molecule has 18 heavy (non-hydrogen) atoms. The monoisotopic (exact) mass is 260 g/mol. The normalized spacial score (nSPS) is 18.8. The van der Waals surface area contributed by atoms with Crippen molar-refractivity contribution in [2.24, 2.45) is 11.7 Å². The van der Waals surface area contributed by atoms with Crippen LogP contribution >= 0.6 is 11.3 Å². The predicted octanol–water partition coefficient (Wildman–Crippen LogP) is 2.43. The fraction of sp³-hybridized carbons (Fsp3) is 0.600. The van der Waals surface area contributed by atoms with Gasteiger partial charge in [-0.2, -0.15) is 0 Å². The fourth-order valence-corrected chi connectivity index (χ4v) is 3.19. The minimum Gasteiger partial charge on any atom is -0.320 e. The van der Waals surface area contributed by atoms with Crippen molar-refractivity contribution >= 4 is 11.3 Å². The van der Waals surface area contributed by atoms with Crippen LogP contribution in [0.4, 0.5) is 0 Å². The number of nitrogens with two attached hydrogens (primary N) is 1. The third-order valence-corrected chi connectivity index (χ3v) is 4.57. The van der Waals surface area contributed by atoms with Gasteiger partial charge in [-0.05, 0) is 43.7 Å². The number of hydrogen-bond acceptors (Lipinski definition) is 3. The lowest BCUT2D eigenvalue weighted by Crippen LogP contribution is -2.27. The van der Waals surface area contributed by atoms with E-state index in [1.54, 1.807) is 0 Å². The predicted molar refractivity (Wildman–Crippen MR) is 76.4 cm³/mol. The van der Waals surface area contributed by atoms with E-state index >= 15 is 0 Å². The Morgan fingerprint density at radius 2 is 2.11 bits per heavy atom. The van der Waals surface area contributed by atoms with Crippen molar-refractivity contribution in [1.82, 2.24) is 4.90 Å². The van der Waals surface area contributed by atoms with Crippen molar-refractivity contribution in [2.75, 3.05) is 13.1 Å². The smallest absolute Gasteiger partial charge is 0.0772 e. The van der Waals surface area contributed by atoms with Gasteiger partial charge in [-0.15, -0.1) is 11.3 Å². The molecular weight excluding hydrogens is 240 g/mol. The molecule has 1 heterocycles. The van der Waals surface area contributed by atoms with Crippen LogP contribution in [0.25, 0.3) is 0 Å². The van der Waals surface area contributed by atoms with Crippen LogP contribution in [0.1, 0.15) is 35.4 Å². The van der Waals surface area contributed by atoms with E-state index in [-0.39, 0.29) is 0 Å². The molecule has 1 aromatic heterocycles. The Balaban J connectivity index is 1.60. The Labute approximate surface area is 113 Å². The molecule has 0 spiro atoms. The van der Waals surface area contributed by atoms with Crippen LogP contribution in [0, 0.1) is 17.8 Å². The fourth-order valence-electron chi connectivity index (χ4n) is 2.28. The summed E-state index contributed by atoms with van der Waals surface area (Å²) < 4.78 is 0. The minimum atomic E-state index is 0.448. The molecule has 0 saturated heterocycles. The maximum atomic E-state index is 5.40. The van der Waals surface area contributed by atoms with Crippen LogP contribution in [0.2, 0.25) is 0 Å². The number of rotatable bonds is 5. The Hall–Kier alpha value is -0.820. The van der Waals surface area contributed by atoms with Crippen molar-refractivity contribution in [3.8, 4) is 11.8 Å². The van der Waals surface area contributed by atoms with Gasteiger partial charge in [-0.25, -0.2) is 0 Å². The highest BCUT2D eigenvalue weighted by Gasteiger charge is 2.33. The standard InChI is InChI=1S/C15H20N2S/c16-9-1-2-14-7-8-15(18-14)11-17(13-5-6-13)10-12-3-4-12/h7-8,12-13H,3-6,9-11,16H2. The lowest BCUT2D eigenvalue weighted by Gasteiger charge is -2.20. The van der Waals surface area contributed by atoms with Crippen LogP contribution < -0.4 is 5.73 Å². The number of hydrogen-bond donors (Lipinski definition) is 1. The van der Waals surface area contributed by atoms with E-state index in [0.29, 0.717) is 6.54 Å². The summed E-state index contributed by atoms with van der Waals surface area (Å²) in [6, 6.07) is 5.23. The lowest BCUT2D eigenvalue weighted by atomic mass is 10.3. The van der Waals surface area contributed by atoms with E-state index in [1.807, 2.05) is 11.3 Å². The highest BCUT2D eigenvalue weighted by molar-refractivity contribution is 7.12. The van der Waals surface area contributed by atoms with Crippen molar-refractivity contribution in [1.29, 1.82) is 0 Å². The largest absolute Gasteiger partial charge is 0.320 e. The van der Waals surface area contributed by atoms with Gasteiger partial charge >= 0.3 is 0 Å². The van der Waals surface area contributed by atoms with E-state index < -0.39 is 0 Å². The Kier molecular flexibility index (Phi) is 3.69. The van der Waals surface area contributed by atoms with E-state index in [2.05, 4.69) is 28.9 Å². The maximum absolute atomic E-state index is 5.40. The second-order valence-electron chi connectivity index (χ2n) is 5.38. The molecule has 2 aliphatic rings. The summed E-state index contributed by atoms with van der Waals surface area (Å²) in [5.74, 6) is 7.03. The van der Waals surface area contributed by atoms with Crippen LogP contribution in [0.15, 0.2) is 12.1 Å². The summed E-state index contributed by atoms with van der Waals surface area (Å²) >= 11 is 1.82. The van der Waals surface area contributed by atoms with Crippen LogP contribution in [-0.2, 0) is 6.54 Å². The first-order valence-electron chi connectivity index (χ1n) is 6.87. The van der Waals surface area contributed by atoms with Crippen LogP contribution in [0.3, 0.4) is 0 Å². The third kappa shape index (κ3) is 3.35.